The predicted octanol–water partition coefficient (Wildman–Crippen LogP) is 4.03. The number of alkyl halides is 4. The normalized spacial score (nSPS) is 13.0. The Balaban J connectivity index is 0. The first-order valence-electron chi connectivity index (χ1n) is 22.0. The topological polar surface area (TPSA) is 195 Å². The third-order valence-corrected chi connectivity index (χ3v) is 21.8. The zero-order valence-corrected chi connectivity index (χ0v) is 46.0. The van der Waals surface area contributed by atoms with Crippen LogP contribution in [0.5, 0.6) is 0 Å². The number of rotatable bonds is 45. The molecule has 0 saturated carbocycles. The molecule has 1 amide bonds. The van der Waals surface area contributed by atoms with Gasteiger partial charge in [-0.1, -0.05) is 12.8 Å². The molecule has 0 aliphatic rings. The van der Waals surface area contributed by atoms with Crippen LogP contribution in [0.25, 0.3) is 0 Å². The van der Waals surface area contributed by atoms with Crippen LogP contribution in [0.15, 0.2) is 0 Å². The average Bonchev–Trinajstić information content (AvgIpc) is 3.32. The van der Waals surface area contributed by atoms with E-state index >= 15 is 0 Å². The highest BCUT2D eigenvalue weighted by atomic mass is 28.4. The molecule has 0 unspecified atom stereocenters. The van der Waals surface area contributed by atoms with Gasteiger partial charge in [0.25, 0.3) is 0 Å². The maximum absolute atomic E-state index is 13.8. The summed E-state index contributed by atoms with van der Waals surface area (Å²) in [5.41, 5.74) is 0. The van der Waals surface area contributed by atoms with Crippen LogP contribution >= 0.6 is 0 Å². The molecule has 3 N–H and O–H groups in total. The Bertz CT molecular complexity index is 1100. The summed E-state index contributed by atoms with van der Waals surface area (Å²) in [6, 6.07) is 2.70. The fourth-order valence-corrected chi connectivity index (χ4v) is 13.3. The highest BCUT2D eigenvalue weighted by Crippen LogP contribution is 2.28. The van der Waals surface area contributed by atoms with E-state index in [1.165, 1.54) is 26.2 Å². The summed E-state index contributed by atoms with van der Waals surface area (Å²) in [7, 11) is 9.56. The summed E-state index contributed by atoms with van der Waals surface area (Å²) in [4.78, 5) is 14.1. The Hall–Kier alpha value is -0.662. The minimum Gasteiger partial charge on any atom is -0.377 e. The number of nitrogens with one attached hydrogen (secondary N) is 3. The van der Waals surface area contributed by atoms with E-state index in [1.54, 1.807) is 64.0 Å². The van der Waals surface area contributed by atoms with Gasteiger partial charge in [0, 0.05) is 143 Å². The standard InChI is InChI=1S/C24H50F4N2O10Si2.C14H36N2O6Si2/c1-32-21-23(25,26)40-24(27,28)39-20-22(31)30(17-13-19-42(36-5,37-6)38-7)16-11-9-8-10-14-29-15-12-18-41(33-2,34-3)35-4;1-17-23(18-2,19-3)13-7-9-15-11-12-16-10-8-14-24(20-4,21-5)22-6/h29H,8-21H2,1-7H3;15-16H,7-14H2,1-6H3. The maximum atomic E-state index is 13.8. The van der Waals surface area contributed by atoms with Gasteiger partial charge in [-0.3, -0.25) is 9.53 Å². The quantitative estimate of drug-likeness (QED) is 0.0342. The number of unbranched alkanes of at least 4 members (excludes halogenated alkanes) is 3. The van der Waals surface area contributed by atoms with Crippen molar-refractivity contribution in [1.82, 2.24) is 20.9 Å². The van der Waals surface area contributed by atoms with Crippen LogP contribution in [0, 0.1) is 0 Å². The van der Waals surface area contributed by atoms with E-state index in [0.717, 1.165) is 97.0 Å². The average molecular weight is 1040 g/mol. The van der Waals surface area contributed by atoms with E-state index in [4.69, 9.17) is 53.1 Å². The number of carbonyl (C=O) groups excluding carboxylic acids is 1. The lowest BCUT2D eigenvalue weighted by atomic mass is 10.2. The molecule has 0 aliphatic heterocycles. The van der Waals surface area contributed by atoms with Gasteiger partial charge < -0.3 is 78.7 Å². The number of amides is 1. The van der Waals surface area contributed by atoms with Crippen LogP contribution in [0.3, 0.4) is 0 Å². The molecule has 66 heavy (non-hydrogen) atoms. The fourth-order valence-electron chi connectivity index (χ4n) is 6.46. The molecule has 0 heterocycles. The van der Waals surface area contributed by atoms with Gasteiger partial charge in [0.1, 0.15) is 13.2 Å². The van der Waals surface area contributed by atoms with Crippen molar-refractivity contribution < 1.29 is 89.7 Å². The summed E-state index contributed by atoms with van der Waals surface area (Å²) in [5.74, 6) is -0.794. The highest BCUT2D eigenvalue weighted by Gasteiger charge is 2.46. The van der Waals surface area contributed by atoms with Crippen LogP contribution in [-0.2, 0) is 72.1 Å². The lowest BCUT2D eigenvalue weighted by molar-refractivity contribution is -0.468. The van der Waals surface area contributed by atoms with E-state index in [2.05, 4.69) is 30.2 Å². The zero-order valence-electron chi connectivity index (χ0n) is 42.0. The smallest absolute Gasteiger partial charge is 0.377 e. The van der Waals surface area contributed by atoms with Crippen molar-refractivity contribution in [3.05, 3.63) is 0 Å². The SMILES string of the molecule is COCC(F)(F)OC(F)(F)OCC(=O)N(CCCCCCNCCC[Si](OC)(OC)OC)CCC[Si](OC)(OC)OC.CO[Si](CCCNCCNCCC[Si](OC)(OC)OC)(OC)OC. The summed E-state index contributed by atoms with van der Waals surface area (Å²) in [5, 5.41) is 10.2. The molecule has 0 saturated heterocycles. The molecule has 0 aliphatic carbocycles. The second-order valence-corrected chi connectivity index (χ2v) is 26.9. The third-order valence-electron chi connectivity index (χ3n) is 10.5. The van der Waals surface area contributed by atoms with E-state index in [9.17, 15) is 22.4 Å². The Kier molecular flexibility index (Phi) is 39.9. The van der Waals surface area contributed by atoms with Gasteiger partial charge in [-0.2, -0.15) is 8.78 Å². The van der Waals surface area contributed by atoms with Crippen molar-refractivity contribution in [3.63, 3.8) is 0 Å². The number of ether oxygens (including phenoxy) is 3. The van der Waals surface area contributed by atoms with Crippen LogP contribution < -0.4 is 16.0 Å². The van der Waals surface area contributed by atoms with E-state index in [0.29, 0.717) is 24.9 Å². The summed E-state index contributed by atoms with van der Waals surface area (Å²) in [6.45, 7) is 3.15. The van der Waals surface area contributed by atoms with Gasteiger partial charge >= 0.3 is 47.6 Å². The largest absolute Gasteiger partial charge is 0.500 e. The predicted molar refractivity (Wildman–Crippen MR) is 247 cm³/mol. The molecule has 0 spiro atoms. The molecule has 0 rings (SSSR count). The molecular weight excluding hydrogens is 957 g/mol. The van der Waals surface area contributed by atoms with Crippen LogP contribution in [0.1, 0.15) is 51.4 Å². The molecule has 0 atom stereocenters. The number of hydrogen-bond acceptors (Lipinski definition) is 19. The lowest BCUT2D eigenvalue weighted by Crippen LogP contribution is -2.44. The van der Waals surface area contributed by atoms with Gasteiger partial charge in [0.2, 0.25) is 5.91 Å². The first-order valence-corrected chi connectivity index (χ1v) is 29.7. The Morgan fingerprint density at radius 3 is 1.12 bits per heavy atom. The molecule has 0 aromatic heterocycles. The van der Waals surface area contributed by atoms with Gasteiger partial charge in [-0.25, -0.2) is 4.74 Å². The van der Waals surface area contributed by atoms with Crippen molar-refractivity contribution in [2.75, 3.05) is 158 Å². The maximum Gasteiger partial charge on any atom is 0.500 e. The van der Waals surface area contributed by atoms with Gasteiger partial charge in [-0.05, 0) is 64.7 Å². The summed E-state index contributed by atoms with van der Waals surface area (Å²) >= 11 is 0. The zero-order chi connectivity index (χ0) is 50.4. The van der Waals surface area contributed by atoms with Crippen molar-refractivity contribution >= 4 is 41.1 Å². The van der Waals surface area contributed by atoms with Gasteiger partial charge in [-0.15, -0.1) is 8.78 Å². The Morgan fingerprint density at radius 2 is 0.758 bits per heavy atom. The van der Waals surface area contributed by atoms with Crippen LogP contribution in [0.4, 0.5) is 17.6 Å². The number of carbonyl (C=O) groups is 1. The minimum atomic E-state index is -4.69. The van der Waals surface area contributed by atoms with E-state index in [-0.39, 0.29) is 13.1 Å². The fraction of sp³-hybridized carbons (Fsp3) is 0.974. The first-order chi connectivity index (χ1) is 31.4. The molecule has 0 bridgehead atoms. The minimum absolute atomic E-state index is 0.177. The summed E-state index contributed by atoms with van der Waals surface area (Å²) < 4.78 is 131. The van der Waals surface area contributed by atoms with Crippen molar-refractivity contribution in [2.24, 2.45) is 0 Å². The van der Waals surface area contributed by atoms with E-state index < -0.39 is 66.7 Å². The first kappa shape index (κ1) is 67.4. The number of hydrogen-bond donors (Lipinski definition) is 3. The molecule has 0 radical (unpaired) electrons. The van der Waals surface area contributed by atoms with Crippen molar-refractivity contribution in [2.45, 2.75) is 87.9 Å². The molecule has 20 nitrogen and oxygen atoms in total. The molecular formula is C38H86F4N4O16Si4. The van der Waals surface area contributed by atoms with Crippen molar-refractivity contribution in [3.8, 4) is 0 Å². The lowest BCUT2D eigenvalue weighted by Gasteiger charge is -2.28. The van der Waals surface area contributed by atoms with Gasteiger partial charge in [0.15, 0.2) is 0 Å². The second-order valence-electron chi connectivity index (χ2n) is 14.6. The highest BCUT2D eigenvalue weighted by molar-refractivity contribution is 6.61. The Labute approximate surface area is 396 Å². The number of halogens is 4. The molecule has 0 fully saturated rings. The molecule has 0 aromatic carbocycles. The molecule has 0 aromatic rings. The van der Waals surface area contributed by atoms with Crippen LogP contribution in [0.2, 0.25) is 24.2 Å². The second kappa shape index (κ2) is 39.0. The van der Waals surface area contributed by atoms with E-state index in [1.807, 2.05) is 0 Å². The number of methoxy groups -OCH3 is 1. The summed E-state index contributed by atoms with van der Waals surface area (Å²) in [6.07, 6.45) is -2.65. The molecule has 28 heteroatoms. The van der Waals surface area contributed by atoms with Gasteiger partial charge in [0.05, 0.1) is 0 Å². The number of nitrogens with zero attached hydrogens (tertiary/aromatic N) is 1. The van der Waals surface area contributed by atoms with Crippen molar-refractivity contribution in [1.29, 1.82) is 0 Å². The third kappa shape index (κ3) is 29.5. The van der Waals surface area contributed by atoms with Crippen LogP contribution in [-0.4, -0.2) is 216 Å². The molecule has 398 valence electrons. The monoisotopic (exact) mass is 1040 g/mol. The Morgan fingerprint density at radius 1 is 0.439 bits per heavy atom.